The largest absolute Gasteiger partial charge is 0.748 e. The summed E-state index contributed by atoms with van der Waals surface area (Å²) in [5.74, 6) is -4.19. The summed E-state index contributed by atoms with van der Waals surface area (Å²) in [5.41, 5.74) is 3.77. The average Bonchev–Trinajstić information content (AvgIpc) is 4.20. The molecule has 0 saturated heterocycles. The number of anilines is 1. The molecule has 0 saturated carbocycles. The van der Waals surface area contributed by atoms with E-state index in [4.69, 9.17) is 4.74 Å². The van der Waals surface area contributed by atoms with Crippen LogP contribution in [0.5, 0.6) is 0 Å². The van der Waals surface area contributed by atoms with Crippen molar-refractivity contribution in [1.82, 2.24) is 50.4 Å². The van der Waals surface area contributed by atoms with E-state index >= 15 is 0 Å². The summed E-state index contributed by atoms with van der Waals surface area (Å²) in [5, 5.41) is 19.9. The van der Waals surface area contributed by atoms with Gasteiger partial charge in [-0.25, -0.2) is 8.42 Å². The van der Waals surface area contributed by atoms with Gasteiger partial charge in [0.15, 0.2) is 0 Å². The molecule has 23 heteroatoms. The third-order valence-electron chi connectivity index (χ3n) is 10.5. The van der Waals surface area contributed by atoms with E-state index in [1.54, 1.807) is 40.2 Å². The molecule has 4 N–H and O–H groups in total. The average molecular weight is 1200 g/mol. The SMILES string of the molecule is O=C(CCCCNC(=O)C(CS(=O)(=O)[O-])NC(=O)CCCC(=O)Nc1ccnc2c1ccc1cccnc12)NCCOCCN1C(=O)C=CC1=O.[Ir].[c-]1ccccc1-n1cccn1.[c-]1ccccc1-n1cccn1. The number of imide groups is 1. The van der Waals surface area contributed by atoms with Gasteiger partial charge in [0.05, 0.1) is 52.4 Å². The number of unbranched alkanes of at least 4 members (excludes halogenated alkanes) is 1. The summed E-state index contributed by atoms with van der Waals surface area (Å²) in [6, 6.07) is 32.8. The van der Waals surface area contributed by atoms with Crippen LogP contribution in [0.1, 0.15) is 38.5 Å². The van der Waals surface area contributed by atoms with Gasteiger partial charge in [-0.3, -0.25) is 53.0 Å². The zero-order valence-corrected chi connectivity index (χ0v) is 43.0. The van der Waals surface area contributed by atoms with Gasteiger partial charge in [0.1, 0.15) is 6.04 Å². The van der Waals surface area contributed by atoms with E-state index in [-0.39, 0.29) is 90.5 Å². The number of rotatable bonds is 22. The Morgan fingerprint density at radius 3 is 1.93 bits per heavy atom. The van der Waals surface area contributed by atoms with Gasteiger partial charge in [-0.2, -0.15) is 58.7 Å². The van der Waals surface area contributed by atoms with E-state index in [1.807, 2.05) is 97.3 Å². The smallest absolute Gasteiger partial charge is 0.253 e. The first-order valence-corrected chi connectivity index (χ1v) is 24.7. The molecule has 5 heterocycles. The van der Waals surface area contributed by atoms with Gasteiger partial charge in [-0.1, -0.05) is 12.1 Å². The summed E-state index contributed by atoms with van der Waals surface area (Å²) in [6.45, 7) is 0.675. The number of benzene rings is 3. The molecule has 1 unspecified atom stereocenters. The number of aromatic nitrogens is 6. The van der Waals surface area contributed by atoms with Gasteiger partial charge in [0.25, 0.3) is 11.8 Å². The first-order valence-electron chi connectivity index (χ1n) is 23.1. The summed E-state index contributed by atoms with van der Waals surface area (Å²) >= 11 is 0. The van der Waals surface area contributed by atoms with E-state index in [1.165, 1.54) is 12.2 Å². The Balaban J connectivity index is 0.000000355. The minimum Gasteiger partial charge on any atom is -0.748 e. The summed E-state index contributed by atoms with van der Waals surface area (Å²) in [7, 11) is -4.88. The Bertz CT molecular complexity index is 2990. The molecule has 389 valence electrons. The quantitative estimate of drug-likeness (QED) is 0.0248. The molecule has 1 aliphatic rings. The fourth-order valence-corrected chi connectivity index (χ4v) is 7.66. The Morgan fingerprint density at radius 1 is 0.662 bits per heavy atom. The maximum atomic E-state index is 12.7. The molecule has 21 nitrogen and oxygen atoms in total. The van der Waals surface area contributed by atoms with Gasteiger partial charge in [0.2, 0.25) is 23.6 Å². The molecule has 0 aliphatic carbocycles. The predicted octanol–water partition coefficient (Wildman–Crippen LogP) is 3.61. The van der Waals surface area contributed by atoms with E-state index < -0.39 is 45.5 Å². The van der Waals surface area contributed by atoms with Crippen molar-refractivity contribution in [2.75, 3.05) is 43.9 Å². The molecule has 3 aromatic carbocycles. The number of pyridine rings is 2. The van der Waals surface area contributed by atoms with Crippen LogP contribution >= 0.6 is 0 Å². The first kappa shape index (κ1) is 57.1. The summed E-state index contributed by atoms with van der Waals surface area (Å²) in [4.78, 5) is 82.6. The summed E-state index contributed by atoms with van der Waals surface area (Å²) < 4.78 is 43.1. The molecule has 1 radical (unpaired) electrons. The molecule has 0 bridgehead atoms. The monoisotopic (exact) mass is 1200 g/mol. The second kappa shape index (κ2) is 29.6. The number of nitrogens with zero attached hydrogens (tertiary/aromatic N) is 7. The van der Waals surface area contributed by atoms with Crippen LogP contribution < -0.4 is 21.3 Å². The molecule has 8 rings (SSSR count). The first-order chi connectivity index (χ1) is 35.3. The number of fused-ring (bicyclic) bond motifs is 3. The second-order valence-corrected chi connectivity index (χ2v) is 17.4. The molecule has 1 atom stereocenters. The van der Waals surface area contributed by atoms with Gasteiger partial charge in [0, 0.05) is 113 Å². The number of carbonyl (C=O) groups excluding carboxylic acids is 6. The van der Waals surface area contributed by atoms with Crippen molar-refractivity contribution >= 4 is 73.1 Å². The van der Waals surface area contributed by atoms with Crippen LogP contribution in [-0.4, -0.2) is 127 Å². The molecule has 4 aromatic heterocycles. The van der Waals surface area contributed by atoms with Gasteiger partial charge in [-0.15, -0.1) is 12.1 Å². The fourth-order valence-electron chi connectivity index (χ4n) is 7.02. The van der Waals surface area contributed by atoms with Crippen LogP contribution in [0.4, 0.5) is 5.69 Å². The van der Waals surface area contributed by atoms with Crippen LogP contribution in [0.25, 0.3) is 33.2 Å². The standard InChI is InChI=1S/C33H39N7O10S.2C9H7N2.Ir/c41-26(34-17-19-50-20-18-40-29(44)11-12-30(40)45)6-1-2-14-37-33(46)25(21-51(47,48)49)39-28(43)8-3-7-27(42)38-24-13-16-36-32-23(24)10-9-22-5-4-15-35-31(22)32;2*1-2-5-9(6-3-1)11-8-4-7-10-11;/h4-5,9-13,15-16,25H,1-3,6-8,14,17-21H2,(H,34,41)(H,37,46)(H,39,43)(H,36,38,42)(H,47,48,49);2*1-5,7-8H;/q;2*-1;/p-1. The molecule has 0 spiro atoms. The normalized spacial score (nSPS) is 12.1. The van der Waals surface area contributed by atoms with E-state index in [9.17, 15) is 41.7 Å². The third-order valence-corrected chi connectivity index (χ3v) is 11.3. The zero-order valence-electron chi connectivity index (χ0n) is 39.8. The number of para-hydroxylation sites is 2. The Labute approximate surface area is 440 Å². The van der Waals surface area contributed by atoms with Gasteiger partial charge < -0.3 is 30.6 Å². The number of amides is 6. The van der Waals surface area contributed by atoms with Crippen molar-refractivity contribution < 1.29 is 66.6 Å². The van der Waals surface area contributed by atoms with Crippen molar-refractivity contribution in [3.05, 3.63) is 152 Å². The molecule has 74 heavy (non-hydrogen) atoms. The Hall–Kier alpha value is -7.82. The van der Waals surface area contributed by atoms with Gasteiger partial charge in [-0.05, 0) is 61.0 Å². The molecular formula is C51H52IrN11O10S-3. The minimum atomic E-state index is -4.88. The molecule has 1 aliphatic heterocycles. The minimum absolute atomic E-state index is 0. The van der Waals surface area contributed by atoms with Crippen molar-refractivity contribution in [1.29, 1.82) is 0 Å². The number of hydrogen-bond donors (Lipinski definition) is 4. The van der Waals surface area contributed by atoms with Crippen molar-refractivity contribution in [3.8, 4) is 11.4 Å². The Kier molecular flexibility index (Phi) is 22.9. The molecule has 0 fully saturated rings. The van der Waals surface area contributed by atoms with Crippen LogP contribution in [0.15, 0.2) is 140 Å². The topological polar surface area (TPSA) is 282 Å². The Morgan fingerprint density at radius 2 is 1.31 bits per heavy atom. The van der Waals surface area contributed by atoms with E-state index in [0.29, 0.717) is 34.9 Å². The van der Waals surface area contributed by atoms with E-state index in [2.05, 4.69) is 53.6 Å². The maximum Gasteiger partial charge on any atom is 0.253 e. The van der Waals surface area contributed by atoms with Crippen molar-refractivity contribution in [3.63, 3.8) is 0 Å². The molecule has 6 amide bonds. The van der Waals surface area contributed by atoms with Crippen LogP contribution in [0.2, 0.25) is 0 Å². The zero-order chi connectivity index (χ0) is 51.8. The van der Waals surface area contributed by atoms with Crippen molar-refractivity contribution in [2.45, 2.75) is 44.6 Å². The van der Waals surface area contributed by atoms with Crippen LogP contribution in [0, 0.1) is 12.1 Å². The number of ether oxygens (including phenoxy) is 1. The fraction of sp³-hybridized carbons (Fsp3) is 0.255. The number of nitrogens with one attached hydrogen (secondary N) is 4. The van der Waals surface area contributed by atoms with Crippen LogP contribution in [0.3, 0.4) is 0 Å². The predicted molar refractivity (Wildman–Crippen MR) is 267 cm³/mol. The maximum absolute atomic E-state index is 12.7. The van der Waals surface area contributed by atoms with E-state index in [0.717, 1.165) is 21.7 Å². The second-order valence-electron chi connectivity index (χ2n) is 15.9. The third kappa shape index (κ3) is 18.7. The van der Waals surface area contributed by atoms with Gasteiger partial charge >= 0.3 is 0 Å². The van der Waals surface area contributed by atoms with Crippen LogP contribution in [-0.2, 0) is 63.7 Å². The molecule has 7 aromatic rings. The number of hydrogen-bond acceptors (Lipinski definition) is 14. The molecular weight excluding hydrogens is 1150 g/mol. The van der Waals surface area contributed by atoms with Crippen molar-refractivity contribution in [2.24, 2.45) is 0 Å². The number of carbonyl (C=O) groups is 6. The summed E-state index contributed by atoms with van der Waals surface area (Å²) in [6.07, 6.45) is 13.5.